The van der Waals surface area contributed by atoms with Crippen LogP contribution in [0.25, 0.3) is 6.08 Å². The summed E-state index contributed by atoms with van der Waals surface area (Å²) in [5.41, 5.74) is 1.50. The number of aryl methyl sites for hydroxylation is 1. The molecule has 0 saturated carbocycles. The number of anilines is 1. The molecule has 0 spiro atoms. The Labute approximate surface area is 134 Å². The van der Waals surface area contributed by atoms with Crippen molar-refractivity contribution in [3.63, 3.8) is 0 Å². The third-order valence-electron chi connectivity index (χ3n) is 3.55. The van der Waals surface area contributed by atoms with Crippen LogP contribution >= 0.6 is 0 Å². The number of amides is 1. The van der Waals surface area contributed by atoms with E-state index < -0.39 is 9.92 Å². The zero-order valence-corrected chi connectivity index (χ0v) is 13.6. The van der Waals surface area contributed by atoms with Crippen molar-refractivity contribution < 1.29 is 9.00 Å². The Balaban J connectivity index is 2.06. The minimum Gasteiger partial charge on any atom is -0.345 e. The molecule has 3 heterocycles. The van der Waals surface area contributed by atoms with Crippen LogP contribution in [0.5, 0.6) is 0 Å². The molecule has 0 aromatic carbocycles. The standard InChI is InChI=1S/C15H17N5O2S/c1-10-3-4-12-13(23(16,22)19-10)9-20(2)14(12)15(21)18-11-5-7-17-8-6-11/h3-10H,1-2H3,(H2,16,19,22)(H,17,18,21)/t10-,23?/m1/s1. The zero-order valence-electron chi connectivity index (χ0n) is 12.7. The Bertz CT molecular complexity index is 884. The summed E-state index contributed by atoms with van der Waals surface area (Å²) < 4.78 is 25.0. The second kappa shape index (κ2) is 5.64. The van der Waals surface area contributed by atoms with Crippen LogP contribution in [0.1, 0.15) is 23.0 Å². The Morgan fingerprint density at radius 1 is 1.43 bits per heavy atom. The summed E-state index contributed by atoms with van der Waals surface area (Å²) in [6.07, 6.45) is 8.28. The van der Waals surface area contributed by atoms with Crippen LogP contribution in [0.3, 0.4) is 0 Å². The summed E-state index contributed by atoms with van der Waals surface area (Å²) >= 11 is 0. The van der Waals surface area contributed by atoms with Crippen molar-refractivity contribution in [2.24, 2.45) is 7.05 Å². The molecule has 2 aromatic heterocycles. The lowest BCUT2D eigenvalue weighted by atomic mass is 10.2. The molecule has 8 heteroatoms. The average Bonchev–Trinajstić information content (AvgIpc) is 2.78. The molecule has 23 heavy (non-hydrogen) atoms. The number of fused-ring (bicyclic) bond motifs is 1. The van der Waals surface area contributed by atoms with Gasteiger partial charge in [-0.1, -0.05) is 12.2 Å². The minimum absolute atomic E-state index is 0.214. The Kier molecular flexibility index (Phi) is 3.78. The van der Waals surface area contributed by atoms with Gasteiger partial charge in [0.25, 0.3) is 5.91 Å². The minimum atomic E-state index is -3.16. The fraction of sp³-hybridized carbons (Fsp3) is 0.200. The molecular weight excluding hydrogens is 314 g/mol. The van der Waals surface area contributed by atoms with Crippen molar-refractivity contribution in [2.75, 3.05) is 5.32 Å². The number of rotatable bonds is 2. The summed E-state index contributed by atoms with van der Waals surface area (Å²) in [6, 6.07) is 3.16. The predicted molar refractivity (Wildman–Crippen MR) is 88.4 cm³/mol. The first-order valence-electron chi connectivity index (χ1n) is 7.03. The molecule has 3 N–H and O–H groups in total. The van der Waals surface area contributed by atoms with E-state index in [1.54, 1.807) is 54.5 Å². The number of nitrogens with zero attached hydrogens (tertiary/aromatic N) is 2. The second-order valence-electron chi connectivity index (χ2n) is 5.38. The third kappa shape index (κ3) is 2.90. The van der Waals surface area contributed by atoms with E-state index in [9.17, 15) is 9.00 Å². The maximum absolute atomic E-state index is 12.6. The summed E-state index contributed by atoms with van der Waals surface area (Å²) in [6.45, 7) is 1.81. The van der Waals surface area contributed by atoms with Crippen LogP contribution in [0, 0.1) is 4.78 Å². The SMILES string of the molecule is C[C@@H]1C=Cc2c(cn(C)c2C(=O)Nc2ccncc2)S(=N)(=O)N1. The predicted octanol–water partition coefficient (Wildman–Crippen LogP) is 2.00. The van der Waals surface area contributed by atoms with Crippen LogP contribution in [0.4, 0.5) is 5.69 Å². The van der Waals surface area contributed by atoms with Gasteiger partial charge in [-0.15, -0.1) is 0 Å². The maximum Gasteiger partial charge on any atom is 0.272 e. The van der Waals surface area contributed by atoms with E-state index in [4.69, 9.17) is 4.78 Å². The molecular formula is C15H17N5O2S. The van der Waals surface area contributed by atoms with Gasteiger partial charge in [0.05, 0.1) is 4.90 Å². The second-order valence-corrected chi connectivity index (χ2v) is 7.17. The maximum atomic E-state index is 12.6. The van der Waals surface area contributed by atoms with Gasteiger partial charge in [0, 0.05) is 42.9 Å². The number of hydrogen-bond donors (Lipinski definition) is 3. The monoisotopic (exact) mass is 331 g/mol. The van der Waals surface area contributed by atoms with E-state index >= 15 is 0 Å². The molecule has 1 amide bonds. The van der Waals surface area contributed by atoms with E-state index in [0.29, 0.717) is 21.8 Å². The lowest BCUT2D eigenvalue weighted by molar-refractivity contribution is 0.101. The van der Waals surface area contributed by atoms with Crippen LogP contribution in [0.2, 0.25) is 0 Å². The van der Waals surface area contributed by atoms with Gasteiger partial charge in [-0.05, 0) is 19.1 Å². The van der Waals surface area contributed by atoms with Crippen molar-refractivity contribution >= 4 is 27.6 Å². The van der Waals surface area contributed by atoms with Gasteiger partial charge in [-0.25, -0.2) is 13.7 Å². The Morgan fingerprint density at radius 2 is 2.13 bits per heavy atom. The molecule has 3 rings (SSSR count). The van der Waals surface area contributed by atoms with Crippen LogP contribution in [-0.2, 0) is 17.0 Å². The van der Waals surface area contributed by atoms with Gasteiger partial charge in [0.1, 0.15) is 15.6 Å². The molecule has 120 valence electrons. The highest BCUT2D eigenvalue weighted by molar-refractivity contribution is 7.90. The van der Waals surface area contributed by atoms with Crippen molar-refractivity contribution in [1.82, 2.24) is 14.3 Å². The van der Waals surface area contributed by atoms with Crippen molar-refractivity contribution in [1.29, 1.82) is 4.78 Å². The van der Waals surface area contributed by atoms with Crippen LogP contribution in [-0.4, -0.2) is 25.7 Å². The molecule has 0 aliphatic carbocycles. The quantitative estimate of drug-likeness (QED) is 0.784. The molecule has 0 radical (unpaired) electrons. The molecule has 2 aromatic rings. The first-order valence-corrected chi connectivity index (χ1v) is 8.59. The number of hydrogen-bond acceptors (Lipinski definition) is 4. The summed E-state index contributed by atoms with van der Waals surface area (Å²) in [4.78, 5) is 16.8. The first-order chi connectivity index (χ1) is 10.9. The van der Waals surface area contributed by atoms with E-state index in [1.807, 2.05) is 6.92 Å². The van der Waals surface area contributed by atoms with Gasteiger partial charge < -0.3 is 9.88 Å². The summed E-state index contributed by atoms with van der Waals surface area (Å²) in [5.74, 6) is -0.325. The van der Waals surface area contributed by atoms with Crippen molar-refractivity contribution in [3.05, 3.63) is 48.1 Å². The number of nitrogens with one attached hydrogen (secondary N) is 3. The van der Waals surface area contributed by atoms with Crippen molar-refractivity contribution in [3.8, 4) is 0 Å². The molecule has 0 fully saturated rings. The Hall–Kier alpha value is -2.45. The number of carbonyl (C=O) groups is 1. The van der Waals surface area contributed by atoms with E-state index in [-0.39, 0.29) is 11.9 Å². The third-order valence-corrected chi connectivity index (χ3v) is 5.20. The molecule has 7 nitrogen and oxygen atoms in total. The van der Waals surface area contributed by atoms with Gasteiger partial charge >= 0.3 is 0 Å². The number of pyridine rings is 1. The zero-order chi connectivity index (χ0) is 16.6. The molecule has 0 bridgehead atoms. The van der Waals surface area contributed by atoms with E-state index in [2.05, 4.69) is 15.0 Å². The summed E-state index contributed by atoms with van der Waals surface area (Å²) in [5, 5.41) is 2.79. The van der Waals surface area contributed by atoms with Gasteiger partial charge in [-0.2, -0.15) is 0 Å². The molecule has 0 saturated heterocycles. The highest BCUT2D eigenvalue weighted by atomic mass is 32.2. The van der Waals surface area contributed by atoms with E-state index in [0.717, 1.165) is 0 Å². The molecule has 2 atom stereocenters. The fourth-order valence-corrected chi connectivity index (χ4v) is 4.03. The summed E-state index contributed by atoms with van der Waals surface area (Å²) in [7, 11) is -1.46. The molecule has 1 aliphatic heterocycles. The lowest BCUT2D eigenvalue weighted by Gasteiger charge is -2.09. The van der Waals surface area contributed by atoms with Crippen LogP contribution in [0.15, 0.2) is 41.7 Å². The smallest absolute Gasteiger partial charge is 0.272 e. The van der Waals surface area contributed by atoms with Gasteiger partial charge in [0.2, 0.25) is 0 Å². The van der Waals surface area contributed by atoms with Gasteiger partial charge in [-0.3, -0.25) is 9.78 Å². The number of carbonyl (C=O) groups excluding carboxylic acids is 1. The first kappa shape index (κ1) is 15.4. The highest BCUT2D eigenvalue weighted by Gasteiger charge is 2.27. The molecule has 1 unspecified atom stereocenters. The molecule has 1 aliphatic rings. The normalized spacial score (nSPS) is 23.1. The topological polar surface area (TPSA) is 99.9 Å². The van der Waals surface area contributed by atoms with E-state index in [1.165, 1.54) is 0 Å². The lowest BCUT2D eigenvalue weighted by Crippen LogP contribution is -2.29. The number of aromatic nitrogens is 2. The van der Waals surface area contributed by atoms with Crippen molar-refractivity contribution in [2.45, 2.75) is 17.9 Å². The van der Waals surface area contributed by atoms with Gasteiger partial charge in [0.15, 0.2) is 0 Å². The average molecular weight is 331 g/mol. The Morgan fingerprint density at radius 3 is 2.83 bits per heavy atom. The largest absolute Gasteiger partial charge is 0.345 e. The van der Waals surface area contributed by atoms with Crippen LogP contribution < -0.4 is 10.0 Å². The fourth-order valence-electron chi connectivity index (χ4n) is 2.52. The highest BCUT2D eigenvalue weighted by Crippen LogP contribution is 2.27.